The quantitative estimate of drug-likeness (QED) is 0.702. The number of carboxylic acid groups (broad SMARTS) is 1. The van der Waals surface area contributed by atoms with E-state index in [1.807, 2.05) is 43.3 Å². The second kappa shape index (κ2) is 8.66. The maximum atomic E-state index is 12.5. The Morgan fingerprint density at radius 2 is 1.66 bits per heavy atom. The molecule has 0 saturated carbocycles. The minimum Gasteiger partial charge on any atom is -0.480 e. The second-order valence-electron chi connectivity index (χ2n) is 7.68. The largest absolute Gasteiger partial charge is 0.480 e. The Balaban J connectivity index is 1.73. The third-order valence-electron chi connectivity index (χ3n) is 5.83. The Morgan fingerprint density at radius 3 is 2.14 bits per heavy atom. The van der Waals surface area contributed by atoms with Crippen LogP contribution in [0.3, 0.4) is 0 Å². The topological polar surface area (TPSA) is 84.9 Å². The number of alkyl carbamates (subject to hydrolysis) is 1. The fourth-order valence-corrected chi connectivity index (χ4v) is 4.01. The zero-order valence-electron chi connectivity index (χ0n) is 17.0. The molecule has 0 bridgehead atoms. The SMILES string of the molecule is CC[C@](C)(COC)[C@@H](NC(=O)OCC1c2ccccc2-c2ccccc21)C(=O)O. The molecule has 0 saturated heterocycles. The zero-order valence-corrected chi connectivity index (χ0v) is 17.0. The summed E-state index contributed by atoms with van der Waals surface area (Å²) < 4.78 is 10.7. The first kappa shape index (κ1) is 20.9. The van der Waals surface area contributed by atoms with E-state index in [9.17, 15) is 14.7 Å². The number of methoxy groups -OCH3 is 1. The molecule has 0 unspecified atom stereocenters. The van der Waals surface area contributed by atoms with Crippen LogP contribution in [-0.4, -0.2) is 43.5 Å². The fourth-order valence-electron chi connectivity index (χ4n) is 4.01. The lowest BCUT2D eigenvalue weighted by atomic mass is 9.80. The summed E-state index contributed by atoms with van der Waals surface area (Å²) in [5, 5.41) is 12.2. The van der Waals surface area contributed by atoms with Crippen LogP contribution < -0.4 is 5.32 Å². The number of amides is 1. The van der Waals surface area contributed by atoms with Gasteiger partial charge in [0.05, 0.1) is 6.61 Å². The summed E-state index contributed by atoms with van der Waals surface area (Å²) >= 11 is 0. The normalized spacial score (nSPS) is 15.7. The highest BCUT2D eigenvalue weighted by Crippen LogP contribution is 2.44. The third-order valence-corrected chi connectivity index (χ3v) is 5.83. The predicted octanol–water partition coefficient (Wildman–Crippen LogP) is 4.04. The van der Waals surface area contributed by atoms with Crippen molar-refractivity contribution in [2.45, 2.75) is 32.2 Å². The number of aliphatic carboxylic acids is 1. The third kappa shape index (κ3) is 4.12. The number of carbonyl (C=O) groups excluding carboxylic acids is 1. The molecule has 29 heavy (non-hydrogen) atoms. The summed E-state index contributed by atoms with van der Waals surface area (Å²) in [4.78, 5) is 24.2. The summed E-state index contributed by atoms with van der Waals surface area (Å²) in [6.07, 6.45) is -0.211. The van der Waals surface area contributed by atoms with Gasteiger partial charge in [-0.05, 0) is 28.7 Å². The first-order valence-electron chi connectivity index (χ1n) is 9.74. The monoisotopic (exact) mass is 397 g/mol. The molecule has 6 heteroatoms. The average molecular weight is 397 g/mol. The van der Waals surface area contributed by atoms with Crippen LogP contribution in [0, 0.1) is 5.41 Å². The van der Waals surface area contributed by atoms with E-state index in [1.165, 1.54) is 7.11 Å². The van der Waals surface area contributed by atoms with Gasteiger partial charge < -0.3 is 19.9 Å². The number of rotatable bonds is 8. The molecule has 6 nitrogen and oxygen atoms in total. The van der Waals surface area contributed by atoms with Crippen molar-refractivity contribution in [2.24, 2.45) is 5.41 Å². The van der Waals surface area contributed by atoms with Crippen molar-refractivity contribution in [1.29, 1.82) is 0 Å². The molecule has 2 N–H and O–H groups in total. The fraction of sp³-hybridized carbons (Fsp3) is 0.391. The second-order valence-corrected chi connectivity index (χ2v) is 7.68. The van der Waals surface area contributed by atoms with Gasteiger partial charge in [0, 0.05) is 18.4 Å². The molecule has 154 valence electrons. The van der Waals surface area contributed by atoms with Gasteiger partial charge in [0.1, 0.15) is 12.6 Å². The molecule has 3 rings (SSSR count). The Kier molecular flexibility index (Phi) is 6.23. The highest BCUT2D eigenvalue weighted by Gasteiger charge is 2.40. The molecule has 2 aromatic carbocycles. The van der Waals surface area contributed by atoms with Crippen molar-refractivity contribution in [2.75, 3.05) is 20.3 Å². The predicted molar refractivity (Wildman–Crippen MR) is 110 cm³/mol. The first-order valence-corrected chi connectivity index (χ1v) is 9.74. The van der Waals surface area contributed by atoms with E-state index in [2.05, 4.69) is 17.4 Å². The number of ether oxygens (including phenoxy) is 2. The molecule has 0 heterocycles. The molecule has 0 aromatic heterocycles. The van der Waals surface area contributed by atoms with E-state index in [0.717, 1.165) is 22.3 Å². The number of benzene rings is 2. The lowest BCUT2D eigenvalue weighted by Crippen LogP contribution is -2.53. The standard InChI is InChI=1S/C23H27NO5/c1-4-23(2,14-28-3)20(21(25)26)24-22(27)29-13-19-17-11-7-5-9-15(17)16-10-6-8-12-18(16)19/h5-12,19-20H,4,13-14H2,1-3H3,(H,24,27)(H,25,26)/t20-,23+/m0/s1. The van der Waals surface area contributed by atoms with Gasteiger partial charge >= 0.3 is 12.1 Å². The lowest BCUT2D eigenvalue weighted by molar-refractivity contribution is -0.144. The van der Waals surface area contributed by atoms with Crippen molar-refractivity contribution in [3.63, 3.8) is 0 Å². The number of nitrogens with one attached hydrogen (secondary N) is 1. The first-order chi connectivity index (χ1) is 13.9. The number of hydrogen-bond acceptors (Lipinski definition) is 4. The van der Waals surface area contributed by atoms with Crippen LogP contribution in [-0.2, 0) is 14.3 Å². The Bertz CT molecular complexity index is 851. The van der Waals surface area contributed by atoms with E-state index in [0.29, 0.717) is 6.42 Å². The maximum Gasteiger partial charge on any atom is 0.407 e. The van der Waals surface area contributed by atoms with E-state index < -0.39 is 23.5 Å². The Labute approximate surface area is 170 Å². The van der Waals surface area contributed by atoms with Crippen molar-refractivity contribution >= 4 is 12.1 Å². The minimum absolute atomic E-state index is 0.0760. The van der Waals surface area contributed by atoms with Crippen LogP contribution in [0.25, 0.3) is 11.1 Å². The average Bonchev–Trinajstić information content (AvgIpc) is 3.04. The van der Waals surface area contributed by atoms with Gasteiger partial charge in [0.15, 0.2) is 0 Å². The summed E-state index contributed by atoms with van der Waals surface area (Å²) in [5.74, 6) is -1.19. The Morgan fingerprint density at radius 1 is 1.10 bits per heavy atom. The molecular weight excluding hydrogens is 370 g/mol. The summed E-state index contributed by atoms with van der Waals surface area (Å²) in [5.41, 5.74) is 3.74. The van der Waals surface area contributed by atoms with E-state index in [-0.39, 0.29) is 19.1 Å². The van der Waals surface area contributed by atoms with Crippen LogP contribution in [0.2, 0.25) is 0 Å². The highest BCUT2D eigenvalue weighted by atomic mass is 16.5. The Hall–Kier alpha value is -2.86. The highest BCUT2D eigenvalue weighted by molar-refractivity contribution is 5.81. The van der Waals surface area contributed by atoms with Gasteiger partial charge in [0.2, 0.25) is 0 Å². The van der Waals surface area contributed by atoms with E-state index in [1.54, 1.807) is 6.92 Å². The van der Waals surface area contributed by atoms with Gasteiger partial charge in [-0.1, -0.05) is 62.4 Å². The molecule has 0 aliphatic heterocycles. The van der Waals surface area contributed by atoms with Crippen LogP contribution >= 0.6 is 0 Å². The van der Waals surface area contributed by atoms with Gasteiger partial charge in [-0.15, -0.1) is 0 Å². The molecule has 2 aromatic rings. The molecule has 0 spiro atoms. The van der Waals surface area contributed by atoms with Crippen molar-refractivity contribution < 1.29 is 24.2 Å². The smallest absolute Gasteiger partial charge is 0.407 e. The lowest BCUT2D eigenvalue weighted by Gasteiger charge is -2.33. The molecule has 1 aliphatic rings. The molecular formula is C23H27NO5. The molecule has 1 amide bonds. The molecule has 0 fully saturated rings. The number of carboxylic acids is 1. The van der Waals surface area contributed by atoms with Crippen molar-refractivity contribution in [3.05, 3.63) is 59.7 Å². The van der Waals surface area contributed by atoms with Crippen LogP contribution in [0.5, 0.6) is 0 Å². The number of hydrogen-bond donors (Lipinski definition) is 2. The van der Waals surface area contributed by atoms with Crippen molar-refractivity contribution in [3.8, 4) is 11.1 Å². The van der Waals surface area contributed by atoms with E-state index in [4.69, 9.17) is 9.47 Å². The van der Waals surface area contributed by atoms with Gasteiger partial charge in [-0.25, -0.2) is 9.59 Å². The summed E-state index contributed by atoms with van der Waals surface area (Å²) in [7, 11) is 1.51. The molecule has 1 aliphatic carbocycles. The number of fused-ring (bicyclic) bond motifs is 3. The number of carbonyl (C=O) groups is 2. The van der Waals surface area contributed by atoms with Crippen LogP contribution in [0.1, 0.15) is 37.3 Å². The van der Waals surface area contributed by atoms with Gasteiger partial charge in [0.25, 0.3) is 0 Å². The minimum atomic E-state index is -1.11. The van der Waals surface area contributed by atoms with Gasteiger partial charge in [-0.3, -0.25) is 0 Å². The van der Waals surface area contributed by atoms with Crippen LogP contribution in [0.15, 0.2) is 48.5 Å². The van der Waals surface area contributed by atoms with Gasteiger partial charge in [-0.2, -0.15) is 0 Å². The maximum absolute atomic E-state index is 12.5. The van der Waals surface area contributed by atoms with E-state index >= 15 is 0 Å². The summed E-state index contributed by atoms with van der Waals surface area (Å²) in [6.45, 7) is 4.00. The summed E-state index contributed by atoms with van der Waals surface area (Å²) in [6, 6.07) is 15.0. The molecule has 2 atom stereocenters. The zero-order chi connectivity index (χ0) is 21.0. The van der Waals surface area contributed by atoms with Crippen LogP contribution in [0.4, 0.5) is 4.79 Å². The van der Waals surface area contributed by atoms with Crippen molar-refractivity contribution in [1.82, 2.24) is 5.32 Å². The molecule has 0 radical (unpaired) electrons.